The van der Waals surface area contributed by atoms with Crippen LogP contribution >= 0.6 is 0 Å². The molecule has 1 aliphatic rings. The maximum Gasteiger partial charge on any atom is 0.319 e. The van der Waals surface area contributed by atoms with Crippen molar-refractivity contribution in [3.8, 4) is 0 Å². The lowest BCUT2D eigenvalue weighted by atomic mass is 10.1. The van der Waals surface area contributed by atoms with Crippen molar-refractivity contribution in [2.24, 2.45) is 7.05 Å². The van der Waals surface area contributed by atoms with Gasteiger partial charge in [0.15, 0.2) is 0 Å². The fraction of sp³-hybridized carbons (Fsp3) is 0.368. The van der Waals surface area contributed by atoms with E-state index in [1.165, 1.54) is 23.5 Å². The van der Waals surface area contributed by atoms with E-state index in [1.54, 1.807) is 19.3 Å². The molecule has 0 unspecified atom stereocenters. The van der Waals surface area contributed by atoms with Gasteiger partial charge in [-0.2, -0.15) is 0 Å². The van der Waals surface area contributed by atoms with Crippen LogP contribution in [0.1, 0.15) is 24.4 Å². The molecule has 1 aromatic carbocycles. The normalized spacial score (nSPS) is 15.7. The first kappa shape index (κ1) is 17.2. The highest BCUT2D eigenvalue weighted by Gasteiger charge is 2.20. The molecule has 1 saturated heterocycles. The van der Waals surface area contributed by atoms with E-state index in [4.69, 9.17) is 0 Å². The van der Waals surface area contributed by atoms with Gasteiger partial charge in [-0.25, -0.2) is 4.79 Å². The summed E-state index contributed by atoms with van der Waals surface area (Å²) in [7, 11) is 1.66. The maximum absolute atomic E-state index is 12.4. The van der Waals surface area contributed by atoms with Crippen molar-refractivity contribution < 1.29 is 4.79 Å². The van der Waals surface area contributed by atoms with Crippen LogP contribution in [0.15, 0.2) is 53.5 Å². The molecule has 3 rings (SSSR count). The van der Waals surface area contributed by atoms with Crippen molar-refractivity contribution in [1.82, 2.24) is 14.8 Å². The van der Waals surface area contributed by atoms with Crippen LogP contribution in [0.5, 0.6) is 0 Å². The smallest absolute Gasteiger partial charge is 0.319 e. The molecular formula is C19H24N4O2. The minimum atomic E-state index is -0.272. The standard InChI is InChI=1S/C19H24N4O2/c1-22-13-16(9-10-18(22)24)20-19(25)21-17(14-23-11-5-6-12-23)15-7-3-2-4-8-15/h2-4,7-10,13,17H,5-6,11-12,14H2,1H3,(H2,20,21,25)/t17-/m0/s1. The summed E-state index contributed by atoms with van der Waals surface area (Å²) in [6.45, 7) is 2.95. The van der Waals surface area contributed by atoms with E-state index < -0.39 is 0 Å². The predicted molar refractivity (Wildman–Crippen MR) is 98.7 cm³/mol. The van der Waals surface area contributed by atoms with Crippen LogP contribution < -0.4 is 16.2 Å². The highest BCUT2D eigenvalue weighted by atomic mass is 16.2. The molecule has 0 aliphatic carbocycles. The Morgan fingerprint density at radius 3 is 2.52 bits per heavy atom. The van der Waals surface area contributed by atoms with Gasteiger partial charge in [0.1, 0.15) is 0 Å². The second-order valence-electron chi connectivity index (χ2n) is 6.44. The summed E-state index contributed by atoms with van der Waals surface area (Å²) in [6.07, 6.45) is 4.04. The monoisotopic (exact) mass is 340 g/mol. The third-order valence-electron chi connectivity index (χ3n) is 4.49. The Bertz CT molecular complexity index is 766. The Hall–Kier alpha value is -2.60. The SMILES string of the molecule is Cn1cc(NC(=O)N[C@@H](CN2CCCC2)c2ccccc2)ccc1=O. The zero-order valence-electron chi connectivity index (χ0n) is 14.4. The van der Waals surface area contributed by atoms with E-state index in [2.05, 4.69) is 15.5 Å². The van der Waals surface area contributed by atoms with Crippen molar-refractivity contribution in [2.75, 3.05) is 25.0 Å². The zero-order chi connectivity index (χ0) is 17.6. The minimum Gasteiger partial charge on any atom is -0.330 e. The summed E-state index contributed by atoms with van der Waals surface area (Å²) < 4.78 is 1.44. The lowest BCUT2D eigenvalue weighted by Crippen LogP contribution is -2.39. The van der Waals surface area contributed by atoms with Crippen LogP contribution in [-0.2, 0) is 7.05 Å². The molecule has 0 bridgehead atoms. The molecule has 6 heteroatoms. The van der Waals surface area contributed by atoms with Gasteiger partial charge in [0.2, 0.25) is 5.56 Å². The fourth-order valence-corrected chi connectivity index (χ4v) is 3.14. The summed E-state index contributed by atoms with van der Waals surface area (Å²) in [5, 5.41) is 5.87. The second kappa shape index (κ2) is 7.98. The topological polar surface area (TPSA) is 66.4 Å². The number of rotatable bonds is 5. The molecule has 6 nitrogen and oxygen atoms in total. The lowest BCUT2D eigenvalue weighted by molar-refractivity contribution is 0.240. The fourth-order valence-electron chi connectivity index (χ4n) is 3.14. The third kappa shape index (κ3) is 4.70. The molecule has 0 radical (unpaired) electrons. The van der Waals surface area contributed by atoms with Crippen molar-refractivity contribution in [3.63, 3.8) is 0 Å². The quantitative estimate of drug-likeness (QED) is 0.878. The predicted octanol–water partition coefficient (Wildman–Crippen LogP) is 2.34. The van der Waals surface area contributed by atoms with Gasteiger partial charge in [-0.3, -0.25) is 4.79 Å². The van der Waals surface area contributed by atoms with Gasteiger partial charge >= 0.3 is 6.03 Å². The van der Waals surface area contributed by atoms with Gasteiger partial charge in [-0.1, -0.05) is 30.3 Å². The van der Waals surface area contributed by atoms with Crippen molar-refractivity contribution in [1.29, 1.82) is 0 Å². The molecule has 2 aromatic rings. The van der Waals surface area contributed by atoms with Gasteiger partial charge in [0, 0.05) is 25.9 Å². The van der Waals surface area contributed by atoms with Crippen molar-refractivity contribution in [2.45, 2.75) is 18.9 Å². The molecule has 1 aliphatic heterocycles. The first-order valence-corrected chi connectivity index (χ1v) is 8.63. The number of hydrogen-bond acceptors (Lipinski definition) is 3. The van der Waals surface area contributed by atoms with Gasteiger partial charge in [-0.05, 0) is 37.6 Å². The van der Waals surface area contributed by atoms with Crippen LogP contribution in [0.2, 0.25) is 0 Å². The molecule has 1 fully saturated rings. The number of aromatic nitrogens is 1. The molecule has 1 atom stereocenters. The number of likely N-dealkylation sites (tertiary alicyclic amines) is 1. The van der Waals surface area contributed by atoms with Crippen molar-refractivity contribution in [3.05, 3.63) is 64.6 Å². The highest BCUT2D eigenvalue weighted by Crippen LogP contribution is 2.18. The van der Waals surface area contributed by atoms with Gasteiger partial charge in [-0.15, -0.1) is 0 Å². The highest BCUT2D eigenvalue weighted by molar-refractivity contribution is 5.89. The van der Waals surface area contributed by atoms with Crippen LogP contribution in [0, 0.1) is 0 Å². The Labute approximate surface area is 147 Å². The number of amides is 2. The number of carbonyl (C=O) groups is 1. The van der Waals surface area contributed by atoms with Crippen molar-refractivity contribution >= 4 is 11.7 Å². The first-order valence-electron chi connectivity index (χ1n) is 8.63. The molecule has 2 heterocycles. The molecule has 1 aromatic heterocycles. The largest absolute Gasteiger partial charge is 0.330 e. The number of pyridine rings is 1. The first-order chi connectivity index (χ1) is 12.1. The average molecular weight is 340 g/mol. The van der Waals surface area contributed by atoms with Crippen LogP contribution in [-0.4, -0.2) is 35.1 Å². The average Bonchev–Trinajstić information content (AvgIpc) is 3.11. The van der Waals surface area contributed by atoms with E-state index in [0.717, 1.165) is 25.2 Å². The van der Waals surface area contributed by atoms with E-state index in [9.17, 15) is 9.59 Å². The molecule has 0 saturated carbocycles. The lowest BCUT2D eigenvalue weighted by Gasteiger charge is -2.25. The van der Waals surface area contributed by atoms with Crippen LogP contribution in [0.4, 0.5) is 10.5 Å². The molecule has 25 heavy (non-hydrogen) atoms. The Balaban J connectivity index is 1.68. The minimum absolute atomic E-state index is 0.0770. The Morgan fingerprint density at radius 1 is 1.12 bits per heavy atom. The number of carbonyl (C=O) groups excluding carboxylic acids is 1. The summed E-state index contributed by atoms with van der Waals surface area (Å²) in [5.41, 5.74) is 1.57. The number of nitrogens with one attached hydrogen (secondary N) is 2. The molecule has 2 N–H and O–H groups in total. The summed E-state index contributed by atoms with van der Waals surface area (Å²) in [6, 6.07) is 12.7. The Morgan fingerprint density at radius 2 is 1.84 bits per heavy atom. The number of benzene rings is 1. The van der Waals surface area contributed by atoms with E-state index in [0.29, 0.717) is 5.69 Å². The van der Waals surface area contributed by atoms with E-state index in [-0.39, 0.29) is 17.6 Å². The van der Waals surface area contributed by atoms with Gasteiger partial charge in [0.05, 0.1) is 11.7 Å². The number of urea groups is 1. The number of aryl methyl sites for hydroxylation is 1. The summed E-state index contributed by atoms with van der Waals surface area (Å²) in [4.78, 5) is 26.3. The molecule has 0 spiro atoms. The van der Waals surface area contributed by atoms with Gasteiger partial charge in [0.25, 0.3) is 0 Å². The molecule has 132 valence electrons. The molecular weight excluding hydrogens is 316 g/mol. The number of anilines is 1. The number of hydrogen-bond donors (Lipinski definition) is 2. The van der Waals surface area contributed by atoms with Crippen LogP contribution in [0.3, 0.4) is 0 Å². The number of nitrogens with zero attached hydrogens (tertiary/aromatic N) is 2. The summed E-state index contributed by atoms with van der Waals surface area (Å²) in [5.74, 6) is 0. The Kier molecular flexibility index (Phi) is 5.50. The second-order valence-corrected chi connectivity index (χ2v) is 6.44. The molecule has 2 amide bonds. The van der Waals surface area contributed by atoms with E-state index >= 15 is 0 Å². The van der Waals surface area contributed by atoms with E-state index in [1.807, 2.05) is 30.3 Å². The van der Waals surface area contributed by atoms with Gasteiger partial charge < -0.3 is 20.1 Å². The summed E-state index contributed by atoms with van der Waals surface area (Å²) >= 11 is 0. The third-order valence-corrected chi connectivity index (χ3v) is 4.49. The maximum atomic E-state index is 12.4. The zero-order valence-corrected chi connectivity index (χ0v) is 14.4. The van der Waals surface area contributed by atoms with Crippen LogP contribution in [0.25, 0.3) is 0 Å².